The van der Waals surface area contributed by atoms with E-state index < -0.39 is 42.6 Å². The Morgan fingerprint density at radius 2 is 1.68 bits per heavy atom. The van der Waals surface area contributed by atoms with Gasteiger partial charge in [-0.2, -0.15) is 0 Å². The smallest absolute Gasteiger partial charge is 0.335 e. The summed E-state index contributed by atoms with van der Waals surface area (Å²) in [6.07, 6.45) is -7.68. The van der Waals surface area contributed by atoms with Gasteiger partial charge in [-0.15, -0.1) is 0 Å². The van der Waals surface area contributed by atoms with E-state index in [1.165, 1.54) is 0 Å². The summed E-state index contributed by atoms with van der Waals surface area (Å²) in [5.41, 5.74) is 0.630. The monoisotopic (exact) mass is 276 g/mol. The van der Waals surface area contributed by atoms with E-state index >= 15 is 0 Å². The fourth-order valence-electron chi connectivity index (χ4n) is 1.53. The van der Waals surface area contributed by atoms with Crippen molar-refractivity contribution < 1.29 is 39.5 Å². The van der Waals surface area contributed by atoms with Crippen molar-refractivity contribution in [2.45, 2.75) is 44.6 Å². The van der Waals surface area contributed by atoms with Crippen LogP contribution in [-0.4, -0.2) is 63.1 Å². The van der Waals surface area contributed by atoms with Crippen LogP contribution in [-0.2, 0) is 19.1 Å². The molecule has 0 bridgehead atoms. The number of aliphatic hydroxyl groups excluding tert-OH is 3. The molecular formula is C11H16O8. The van der Waals surface area contributed by atoms with Gasteiger partial charge < -0.3 is 29.9 Å². The molecule has 5 unspecified atom stereocenters. The number of allylic oxidation sites excluding steroid dienone is 1. The van der Waals surface area contributed by atoms with E-state index in [-0.39, 0.29) is 0 Å². The van der Waals surface area contributed by atoms with E-state index in [1.807, 2.05) is 0 Å². The number of carbonyl (C=O) groups is 2. The highest BCUT2D eigenvalue weighted by Gasteiger charge is 2.48. The SMILES string of the molecule is CC(C)=CC(=O)OC1OC(C(=O)O)C(O)C(O)C1O. The Kier molecular flexibility index (Phi) is 5.01. The first kappa shape index (κ1) is 15.6. The second kappa shape index (κ2) is 6.11. The fraction of sp³-hybridized carbons (Fsp3) is 0.636. The van der Waals surface area contributed by atoms with Gasteiger partial charge in [-0.05, 0) is 13.8 Å². The molecule has 0 aliphatic carbocycles. The molecule has 1 heterocycles. The first-order valence-electron chi connectivity index (χ1n) is 5.52. The Morgan fingerprint density at radius 3 is 2.16 bits per heavy atom. The summed E-state index contributed by atoms with van der Waals surface area (Å²) in [5.74, 6) is -2.39. The number of hydrogen-bond acceptors (Lipinski definition) is 7. The van der Waals surface area contributed by atoms with E-state index in [1.54, 1.807) is 13.8 Å². The fourth-order valence-corrected chi connectivity index (χ4v) is 1.53. The van der Waals surface area contributed by atoms with Crippen LogP contribution in [0, 0.1) is 0 Å². The standard InChI is InChI=1S/C11H16O8/c1-4(2)3-5(12)18-11-8(15)6(13)7(14)9(19-11)10(16)17/h3,6-9,11,13-15H,1-2H3,(H,16,17). The van der Waals surface area contributed by atoms with Gasteiger partial charge in [0.2, 0.25) is 6.29 Å². The first-order valence-corrected chi connectivity index (χ1v) is 5.52. The van der Waals surface area contributed by atoms with Gasteiger partial charge in [0.25, 0.3) is 0 Å². The van der Waals surface area contributed by atoms with Gasteiger partial charge in [0.1, 0.15) is 18.3 Å². The molecule has 1 aliphatic heterocycles. The van der Waals surface area contributed by atoms with Crippen molar-refractivity contribution in [2.75, 3.05) is 0 Å². The van der Waals surface area contributed by atoms with Crippen molar-refractivity contribution in [1.29, 1.82) is 0 Å². The number of rotatable bonds is 3. The van der Waals surface area contributed by atoms with Crippen LogP contribution in [0.15, 0.2) is 11.6 Å². The molecule has 0 aromatic rings. The summed E-state index contributed by atoms with van der Waals surface area (Å²) in [6.45, 7) is 3.27. The van der Waals surface area contributed by atoms with Crippen molar-refractivity contribution in [3.8, 4) is 0 Å². The number of aliphatic carboxylic acids is 1. The zero-order valence-electron chi connectivity index (χ0n) is 10.4. The maximum absolute atomic E-state index is 11.4. The third-order valence-corrected chi connectivity index (χ3v) is 2.45. The van der Waals surface area contributed by atoms with Crippen LogP contribution < -0.4 is 0 Å². The van der Waals surface area contributed by atoms with Gasteiger partial charge >= 0.3 is 11.9 Å². The molecule has 19 heavy (non-hydrogen) atoms. The zero-order chi connectivity index (χ0) is 14.7. The highest BCUT2D eigenvalue weighted by atomic mass is 16.7. The van der Waals surface area contributed by atoms with E-state index in [9.17, 15) is 24.9 Å². The molecule has 8 heteroatoms. The molecule has 5 atom stereocenters. The highest BCUT2D eigenvalue weighted by Crippen LogP contribution is 2.22. The number of hydrogen-bond donors (Lipinski definition) is 4. The minimum atomic E-state index is -1.81. The zero-order valence-corrected chi connectivity index (χ0v) is 10.4. The van der Waals surface area contributed by atoms with Crippen molar-refractivity contribution in [1.82, 2.24) is 0 Å². The normalized spacial score (nSPS) is 34.5. The van der Waals surface area contributed by atoms with Crippen molar-refractivity contribution in [3.05, 3.63) is 11.6 Å². The number of carbonyl (C=O) groups excluding carboxylic acids is 1. The first-order chi connectivity index (χ1) is 8.73. The summed E-state index contributed by atoms with van der Waals surface area (Å²) in [5, 5.41) is 37.2. The second-order valence-corrected chi connectivity index (χ2v) is 4.39. The molecule has 1 fully saturated rings. The molecule has 108 valence electrons. The van der Waals surface area contributed by atoms with Crippen LogP contribution in [0.3, 0.4) is 0 Å². The molecule has 0 spiro atoms. The van der Waals surface area contributed by atoms with Crippen LogP contribution in [0.4, 0.5) is 0 Å². The minimum absolute atomic E-state index is 0.630. The molecule has 0 aromatic heterocycles. The van der Waals surface area contributed by atoms with E-state index in [0.29, 0.717) is 5.57 Å². The number of aliphatic hydroxyl groups is 3. The van der Waals surface area contributed by atoms with Crippen molar-refractivity contribution in [3.63, 3.8) is 0 Å². The van der Waals surface area contributed by atoms with Gasteiger partial charge in [0.05, 0.1) is 0 Å². The largest absolute Gasteiger partial charge is 0.479 e. The summed E-state index contributed by atoms with van der Waals surface area (Å²) >= 11 is 0. The van der Waals surface area contributed by atoms with Crippen molar-refractivity contribution >= 4 is 11.9 Å². The predicted molar refractivity (Wildman–Crippen MR) is 59.8 cm³/mol. The van der Waals surface area contributed by atoms with E-state index in [4.69, 9.17) is 14.6 Å². The Bertz CT molecular complexity index is 386. The lowest BCUT2D eigenvalue weighted by atomic mass is 9.99. The summed E-state index contributed by atoms with van der Waals surface area (Å²) in [7, 11) is 0. The molecule has 0 radical (unpaired) electrons. The third kappa shape index (κ3) is 3.74. The average molecular weight is 276 g/mol. The molecule has 1 rings (SSSR count). The van der Waals surface area contributed by atoms with Gasteiger partial charge in [-0.25, -0.2) is 9.59 Å². The minimum Gasteiger partial charge on any atom is -0.479 e. The Morgan fingerprint density at radius 1 is 1.11 bits per heavy atom. The van der Waals surface area contributed by atoms with Crippen LogP contribution in [0.25, 0.3) is 0 Å². The molecule has 1 aliphatic rings. The average Bonchev–Trinajstić information content (AvgIpc) is 2.28. The summed E-state index contributed by atoms with van der Waals surface area (Å²) in [6, 6.07) is 0. The lowest BCUT2D eigenvalue weighted by Crippen LogP contribution is -2.60. The molecule has 4 N–H and O–H groups in total. The number of carboxylic acids is 1. The Hall–Kier alpha value is -1.48. The molecule has 0 aromatic carbocycles. The molecule has 0 amide bonds. The second-order valence-electron chi connectivity index (χ2n) is 4.39. The summed E-state index contributed by atoms with van der Waals surface area (Å²) < 4.78 is 9.45. The lowest BCUT2D eigenvalue weighted by molar-refractivity contribution is -0.284. The van der Waals surface area contributed by atoms with Crippen LogP contribution >= 0.6 is 0 Å². The molecule has 8 nitrogen and oxygen atoms in total. The van der Waals surface area contributed by atoms with Crippen LogP contribution in [0.2, 0.25) is 0 Å². The maximum Gasteiger partial charge on any atom is 0.335 e. The quantitative estimate of drug-likeness (QED) is 0.357. The van der Waals surface area contributed by atoms with Gasteiger partial charge in [-0.1, -0.05) is 5.57 Å². The van der Waals surface area contributed by atoms with Crippen LogP contribution in [0.5, 0.6) is 0 Å². The Labute approximate surface area is 108 Å². The molecular weight excluding hydrogens is 260 g/mol. The molecule has 0 saturated carbocycles. The third-order valence-electron chi connectivity index (χ3n) is 2.45. The van der Waals surface area contributed by atoms with E-state index in [0.717, 1.165) is 6.08 Å². The van der Waals surface area contributed by atoms with Gasteiger partial charge in [-0.3, -0.25) is 0 Å². The number of ether oxygens (including phenoxy) is 2. The lowest BCUT2D eigenvalue weighted by Gasteiger charge is -2.37. The van der Waals surface area contributed by atoms with Gasteiger partial charge in [0.15, 0.2) is 6.10 Å². The van der Waals surface area contributed by atoms with Gasteiger partial charge in [0, 0.05) is 6.08 Å². The Balaban J connectivity index is 2.80. The number of esters is 1. The van der Waals surface area contributed by atoms with Crippen molar-refractivity contribution in [2.24, 2.45) is 0 Å². The maximum atomic E-state index is 11.4. The molecule has 1 saturated heterocycles. The predicted octanol–water partition coefficient (Wildman–Crippen LogP) is -1.61. The summed E-state index contributed by atoms with van der Waals surface area (Å²) in [4.78, 5) is 22.1. The topological polar surface area (TPSA) is 134 Å². The van der Waals surface area contributed by atoms with Crippen LogP contribution in [0.1, 0.15) is 13.8 Å². The number of carboxylic acid groups (broad SMARTS) is 1. The highest BCUT2D eigenvalue weighted by molar-refractivity contribution is 5.82. The van der Waals surface area contributed by atoms with E-state index in [2.05, 4.69) is 0 Å².